The predicted molar refractivity (Wildman–Crippen MR) is 76.2 cm³/mol. The highest BCUT2D eigenvalue weighted by Gasteiger charge is 2.18. The largest absolute Gasteiger partial charge is 0.296 e. The van der Waals surface area contributed by atoms with Crippen LogP contribution >= 0.6 is 11.3 Å². The maximum absolute atomic E-state index is 13.0. The number of fused-ring (bicyclic) bond motifs is 1. The predicted octanol–water partition coefficient (Wildman–Crippen LogP) is 3.56. The van der Waals surface area contributed by atoms with Gasteiger partial charge >= 0.3 is 0 Å². The quantitative estimate of drug-likeness (QED) is 0.693. The molecule has 0 atom stereocenters. The molecule has 0 saturated heterocycles. The minimum absolute atomic E-state index is 0.286. The first-order valence-electron chi connectivity index (χ1n) is 6.20. The topological polar surface area (TPSA) is 47.8 Å². The Hall–Kier alpha value is -2.08. The average molecular weight is 289 g/mol. The summed E-state index contributed by atoms with van der Waals surface area (Å²) < 4.78 is 15.4. The van der Waals surface area contributed by atoms with Gasteiger partial charge in [-0.25, -0.2) is 14.1 Å². The Morgan fingerprint density at radius 3 is 2.60 bits per heavy atom. The molecule has 0 aliphatic rings. The first kappa shape index (κ1) is 12.9. The summed E-state index contributed by atoms with van der Waals surface area (Å²) in [7, 11) is 0. The summed E-state index contributed by atoms with van der Waals surface area (Å²) in [6, 6.07) is 5.95. The summed E-state index contributed by atoms with van der Waals surface area (Å²) >= 11 is 1.48. The number of benzene rings is 1. The van der Waals surface area contributed by atoms with Gasteiger partial charge in [0.1, 0.15) is 16.2 Å². The molecule has 0 N–H and O–H groups in total. The van der Waals surface area contributed by atoms with Gasteiger partial charge in [-0.15, -0.1) is 11.3 Å². The minimum Gasteiger partial charge on any atom is -0.296 e. The van der Waals surface area contributed by atoms with E-state index in [9.17, 15) is 9.18 Å². The van der Waals surface area contributed by atoms with E-state index in [1.54, 1.807) is 16.8 Å². The van der Waals surface area contributed by atoms with Crippen LogP contribution in [0.2, 0.25) is 0 Å². The summed E-state index contributed by atoms with van der Waals surface area (Å²) in [6.45, 7) is 4.10. The van der Waals surface area contributed by atoms with E-state index in [2.05, 4.69) is 10.1 Å². The van der Waals surface area contributed by atoms with Crippen LogP contribution in [-0.4, -0.2) is 21.1 Å². The molecule has 0 aliphatic carbocycles. The fourth-order valence-corrected chi connectivity index (χ4v) is 2.92. The van der Waals surface area contributed by atoms with Gasteiger partial charge in [0.15, 0.2) is 11.9 Å². The van der Waals surface area contributed by atoms with Crippen molar-refractivity contribution in [2.24, 2.45) is 0 Å². The summed E-state index contributed by atoms with van der Waals surface area (Å²) in [5.74, 6) is -0.0255. The molecule has 0 radical (unpaired) electrons. The Kier molecular flexibility index (Phi) is 3.10. The van der Waals surface area contributed by atoms with Crippen molar-refractivity contribution in [3.05, 3.63) is 40.8 Å². The molecule has 6 heteroatoms. The van der Waals surface area contributed by atoms with Crippen molar-refractivity contribution in [3.8, 4) is 5.69 Å². The lowest BCUT2D eigenvalue weighted by Gasteiger charge is -2.01. The van der Waals surface area contributed by atoms with E-state index < -0.39 is 0 Å². The molecule has 3 rings (SSSR count). The number of halogens is 1. The summed E-state index contributed by atoms with van der Waals surface area (Å²) in [5, 5.41) is 5.20. The van der Waals surface area contributed by atoms with Crippen molar-refractivity contribution < 1.29 is 9.18 Å². The molecule has 0 spiro atoms. The van der Waals surface area contributed by atoms with Crippen LogP contribution in [0.15, 0.2) is 24.3 Å². The number of hydrogen-bond acceptors (Lipinski definition) is 4. The van der Waals surface area contributed by atoms with E-state index in [-0.39, 0.29) is 11.7 Å². The molecule has 2 aromatic heterocycles. The standard InChI is InChI=1S/C14H12FN3OS/c1-8(2)14-16-13-12(20-14)11(7-19)17-18(13)10-5-3-9(15)4-6-10/h3-8H,1-2H3. The van der Waals surface area contributed by atoms with Gasteiger partial charge < -0.3 is 0 Å². The molecular formula is C14H12FN3OS. The monoisotopic (exact) mass is 289 g/mol. The van der Waals surface area contributed by atoms with Gasteiger partial charge in [0.25, 0.3) is 0 Å². The number of thiazole rings is 1. The Morgan fingerprint density at radius 1 is 1.30 bits per heavy atom. The zero-order valence-corrected chi connectivity index (χ0v) is 11.8. The maximum Gasteiger partial charge on any atom is 0.174 e. The second-order valence-electron chi connectivity index (χ2n) is 4.75. The highest BCUT2D eigenvalue weighted by molar-refractivity contribution is 7.19. The SMILES string of the molecule is CC(C)c1nc2c(s1)c(C=O)nn2-c1ccc(F)cc1. The van der Waals surface area contributed by atoms with Gasteiger partial charge in [0.2, 0.25) is 0 Å². The van der Waals surface area contributed by atoms with Crippen LogP contribution < -0.4 is 0 Å². The van der Waals surface area contributed by atoms with E-state index in [4.69, 9.17) is 0 Å². The van der Waals surface area contributed by atoms with Crippen molar-refractivity contribution in [2.45, 2.75) is 19.8 Å². The number of carbonyl (C=O) groups excluding carboxylic acids is 1. The van der Waals surface area contributed by atoms with Gasteiger partial charge in [0.05, 0.1) is 10.7 Å². The Labute approximate surface area is 118 Å². The van der Waals surface area contributed by atoms with E-state index in [1.807, 2.05) is 13.8 Å². The number of aldehydes is 1. The zero-order valence-electron chi connectivity index (χ0n) is 11.0. The van der Waals surface area contributed by atoms with Gasteiger partial charge in [-0.3, -0.25) is 4.79 Å². The highest BCUT2D eigenvalue weighted by Crippen LogP contribution is 2.30. The molecule has 0 fully saturated rings. The van der Waals surface area contributed by atoms with Gasteiger partial charge in [0, 0.05) is 5.92 Å². The second-order valence-corrected chi connectivity index (χ2v) is 5.78. The number of hydrogen-bond donors (Lipinski definition) is 0. The van der Waals surface area contributed by atoms with Crippen molar-refractivity contribution >= 4 is 28.0 Å². The normalized spacial score (nSPS) is 11.4. The van der Waals surface area contributed by atoms with Crippen LogP contribution in [-0.2, 0) is 0 Å². The molecule has 0 amide bonds. The highest BCUT2D eigenvalue weighted by atomic mass is 32.1. The van der Waals surface area contributed by atoms with E-state index >= 15 is 0 Å². The second kappa shape index (κ2) is 4.79. The number of rotatable bonds is 3. The molecule has 0 unspecified atom stereocenters. The van der Waals surface area contributed by atoms with Crippen molar-refractivity contribution in [2.75, 3.05) is 0 Å². The fraction of sp³-hybridized carbons (Fsp3) is 0.214. The third-order valence-corrected chi connectivity index (χ3v) is 4.31. The lowest BCUT2D eigenvalue weighted by atomic mass is 10.2. The summed E-state index contributed by atoms with van der Waals surface area (Å²) in [6.07, 6.45) is 0.727. The van der Waals surface area contributed by atoms with Crippen LogP contribution in [0.25, 0.3) is 16.0 Å². The molecule has 3 aromatic rings. The lowest BCUT2D eigenvalue weighted by molar-refractivity contribution is 0.112. The molecule has 0 aliphatic heterocycles. The number of carbonyl (C=O) groups is 1. The van der Waals surface area contributed by atoms with Crippen molar-refractivity contribution in [1.29, 1.82) is 0 Å². The molecule has 20 heavy (non-hydrogen) atoms. The fourth-order valence-electron chi connectivity index (χ4n) is 1.93. The van der Waals surface area contributed by atoms with Crippen molar-refractivity contribution in [1.82, 2.24) is 14.8 Å². The Balaban J connectivity index is 2.24. The number of nitrogens with zero attached hydrogens (tertiary/aromatic N) is 3. The van der Waals surface area contributed by atoms with Gasteiger partial charge in [-0.2, -0.15) is 5.10 Å². The molecule has 102 valence electrons. The van der Waals surface area contributed by atoms with Crippen LogP contribution in [0, 0.1) is 5.82 Å². The van der Waals surface area contributed by atoms with Crippen LogP contribution in [0.3, 0.4) is 0 Å². The molecular weight excluding hydrogens is 277 g/mol. The van der Waals surface area contributed by atoms with Crippen molar-refractivity contribution in [3.63, 3.8) is 0 Å². The molecule has 0 bridgehead atoms. The van der Waals surface area contributed by atoms with E-state index in [1.165, 1.54) is 23.5 Å². The third-order valence-electron chi connectivity index (χ3n) is 2.94. The average Bonchev–Trinajstić information content (AvgIpc) is 2.98. The van der Waals surface area contributed by atoms with Gasteiger partial charge in [-0.1, -0.05) is 13.8 Å². The van der Waals surface area contributed by atoms with Crippen LogP contribution in [0.5, 0.6) is 0 Å². The minimum atomic E-state index is -0.311. The van der Waals surface area contributed by atoms with Gasteiger partial charge in [-0.05, 0) is 24.3 Å². The van der Waals surface area contributed by atoms with Crippen LogP contribution in [0.4, 0.5) is 4.39 Å². The first-order chi connectivity index (χ1) is 9.60. The Bertz CT molecular complexity index is 774. The van der Waals surface area contributed by atoms with E-state index in [0.717, 1.165) is 16.0 Å². The smallest absolute Gasteiger partial charge is 0.174 e. The number of aromatic nitrogens is 3. The van der Waals surface area contributed by atoms with E-state index in [0.29, 0.717) is 17.0 Å². The Morgan fingerprint density at radius 2 is 2.00 bits per heavy atom. The summed E-state index contributed by atoms with van der Waals surface area (Å²) in [4.78, 5) is 15.7. The molecule has 0 saturated carbocycles. The molecule has 4 nitrogen and oxygen atoms in total. The molecule has 2 heterocycles. The third kappa shape index (κ3) is 2.02. The zero-order chi connectivity index (χ0) is 14.3. The first-order valence-corrected chi connectivity index (χ1v) is 7.02. The van der Waals surface area contributed by atoms with Crippen LogP contribution in [0.1, 0.15) is 35.3 Å². The summed E-state index contributed by atoms with van der Waals surface area (Å²) in [5.41, 5.74) is 1.70. The lowest BCUT2D eigenvalue weighted by Crippen LogP contribution is -1.99. The maximum atomic E-state index is 13.0. The molecule has 1 aromatic carbocycles.